The molecule has 5 heteroatoms. The molecule has 0 saturated heterocycles. The summed E-state index contributed by atoms with van der Waals surface area (Å²) in [5.41, 5.74) is 12.2. The van der Waals surface area contributed by atoms with Crippen LogP contribution in [0.15, 0.2) is 176 Å². The molecule has 10 rings (SSSR count). The fourth-order valence-electron chi connectivity index (χ4n) is 7.24. The Balaban J connectivity index is 1.08. The van der Waals surface area contributed by atoms with Gasteiger partial charge in [0.2, 0.25) is 0 Å². The van der Waals surface area contributed by atoms with Crippen molar-refractivity contribution in [1.82, 2.24) is 23.7 Å². The Labute approximate surface area is 282 Å². The Morgan fingerprint density at radius 1 is 0.408 bits per heavy atom. The van der Waals surface area contributed by atoms with Gasteiger partial charge in [0.05, 0.1) is 16.6 Å². The molecule has 4 aromatic heterocycles. The lowest BCUT2D eigenvalue weighted by Gasteiger charge is -2.07. The molecule has 0 spiro atoms. The molecule has 0 N–H and O–H groups in total. The van der Waals surface area contributed by atoms with Gasteiger partial charge in [-0.25, -0.2) is 4.52 Å². The molecule has 4 heterocycles. The molecule has 230 valence electrons. The van der Waals surface area contributed by atoms with Gasteiger partial charge in [0.25, 0.3) is 5.95 Å². The first-order chi connectivity index (χ1) is 24.3. The summed E-state index contributed by atoms with van der Waals surface area (Å²) < 4.78 is 6.37. The molecule has 10 aromatic rings. The normalized spacial score (nSPS) is 11.7. The predicted octanol–water partition coefficient (Wildman–Crippen LogP) is 10.8. The van der Waals surface area contributed by atoms with E-state index in [0.29, 0.717) is 5.95 Å². The summed E-state index contributed by atoms with van der Waals surface area (Å²) in [5, 5.41) is 8.59. The number of hydrogen-bond acceptors (Lipinski definition) is 2. The summed E-state index contributed by atoms with van der Waals surface area (Å²) in [5.74, 6) is 0.647. The van der Waals surface area contributed by atoms with Crippen molar-refractivity contribution in [3.63, 3.8) is 0 Å². The fraction of sp³-hybridized carbons (Fsp3) is 0. The minimum Gasteiger partial charge on any atom is -0.316 e. The molecular weight excluding hydrogens is 599 g/mol. The molecule has 0 radical (unpaired) electrons. The predicted molar refractivity (Wildman–Crippen MR) is 200 cm³/mol. The molecule has 0 aliphatic carbocycles. The summed E-state index contributed by atoms with van der Waals surface area (Å²) in [7, 11) is 0. The molecule has 6 aromatic carbocycles. The van der Waals surface area contributed by atoms with Crippen molar-refractivity contribution in [2.45, 2.75) is 0 Å². The smallest absolute Gasteiger partial charge is 0.254 e. The first kappa shape index (κ1) is 27.4. The summed E-state index contributed by atoms with van der Waals surface area (Å²) in [6.45, 7) is 0. The van der Waals surface area contributed by atoms with Crippen LogP contribution in [-0.4, -0.2) is 23.7 Å². The quantitative estimate of drug-likeness (QED) is 0.190. The molecule has 0 bridgehead atoms. The molecular formula is C44H29N5. The maximum Gasteiger partial charge on any atom is 0.254 e. The van der Waals surface area contributed by atoms with Crippen LogP contribution in [0.1, 0.15) is 0 Å². The van der Waals surface area contributed by atoms with Crippen LogP contribution in [0.25, 0.3) is 83.4 Å². The van der Waals surface area contributed by atoms with E-state index in [9.17, 15) is 0 Å². The zero-order chi connectivity index (χ0) is 32.3. The van der Waals surface area contributed by atoms with Gasteiger partial charge in [-0.1, -0.05) is 121 Å². The molecule has 0 aliphatic rings. The van der Waals surface area contributed by atoms with Gasteiger partial charge in [-0.2, -0.15) is 4.98 Å². The highest BCUT2D eigenvalue weighted by Crippen LogP contribution is 2.37. The molecule has 0 atom stereocenters. The van der Waals surface area contributed by atoms with Crippen LogP contribution in [0.3, 0.4) is 0 Å². The summed E-state index contributed by atoms with van der Waals surface area (Å²) in [4.78, 5) is 5.23. The van der Waals surface area contributed by atoms with Gasteiger partial charge >= 0.3 is 0 Å². The third kappa shape index (κ3) is 4.40. The summed E-state index contributed by atoms with van der Waals surface area (Å²) in [6.07, 6.45) is 4.13. The zero-order valence-corrected chi connectivity index (χ0v) is 26.5. The number of pyridine rings is 1. The third-order valence-electron chi connectivity index (χ3n) is 9.61. The van der Waals surface area contributed by atoms with Gasteiger partial charge < -0.3 is 4.57 Å². The average Bonchev–Trinajstić information content (AvgIpc) is 3.89. The number of hydrogen-bond donors (Lipinski definition) is 0. The van der Waals surface area contributed by atoms with Crippen LogP contribution in [0, 0.1) is 0 Å². The SMILES string of the molecule is c1ccc(-c2ccc(-c3ccc(-c4cccn5nc(-n6c7ccccc7c7ccc8c(ccn8-c8ccccc8)c76)nc45)cc3)cc2)cc1. The highest BCUT2D eigenvalue weighted by molar-refractivity contribution is 6.18. The van der Waals surface area contributed by atoms with Crippen molar-refractivity contribution in [3.8, 4) is 45.0 Å². The Kier molecular flexibility index (Phi) is 6.11. The van der Waals surface area contributed by atoms with Crippen LogP contribution >= 0.6 is 0 Å². The van der Waals surface area contributed by atoms with Crippen molar-refractivity contribution < 1.29 is 0 Å². The fourth-order valence-corrected chi connectivity index (χ4v) is 7.24. The van der Waals surface area contributed by atoms with Crippen LogP contribution in [0.2, 0.25) is 0 Å². The Hall–Kier alpha value is -6.72. The minimum atomic E-state index is 0.647. The number of para-hydroxylation sites is 2. The first-order valence-corrected chi connectivity index (χ1v) is 16.5. The standard InChI is InChI=1S/C44H29N5/c1-3-10-30(11-4-1)31-17-19-32(20-18-31)33-21-23-34(24-22-33)36-15-9-28-48-43(36)45-44(46-48)49-41-16-8-7-14-37(41)38-25-26-40-39(42(38)49)27-29-47(40)35-12-5-2-6-13-35/h1-29H. The monoisotopic (exact) mass is 627 g/mol. The summed E-state index contributed by atoms with van der Waals surface area (Å²) in [6, 6.07) is 57.8. The van der Waals surface area contributed by atoms with Crippen molar-refractivity contribution >= 4 is 38.4 Å². The molecule has 0 unspecified atom stereocenters. The van der Waals surface area contributed by atoms with Gasteiger partial charge in [0.1, 0.15) is 0 Å². The van der Waals surface area contributed by atoms with E-state index in [1.54, 1.807) is 0 Å². The largest absolute Gasteiger partial charge is 0.316 e. The lowest BCUT2D eigenvalue weighted by atomic mass is 9.98. The van der Waals surface area contributed by atoms with Gasteiger partial charge in [-0.05, 0) is 70.3 Å². The van der Waals surface area contributed by atoms with E-state index in [-0.39, 0.29) is 0 Å². The number of fused-ring (bicyclic) bond motifs is 6. The van der Waals surface area contributed by atoms with Crippen molar-refractivity contribution in [1.29, 1.82) is 0 Å². The maximum atomic E-state index is 5.23. The Bertz CT molecular complexity index is 2790. The van der Waals surface area contributed by atoms with Crippen LogP contribution in [0.5, 0.6) is 0 Å². The highest BCUT2D eigenvalue weighted by Gasteiger charge is 2.20. The molecule has 5 nitrogen and oxygen atoms in total. The molecule has 0 amide bonds. The second-order valence-electron chi connectivity index (χ2n) is 12.4. The number of nitrogens with zero attached hydrogens (tertiary/aromatic N) is 5. The third-order valence-corrected chi connectivity index (χ3v) is 9.61. The van der Waals surface area contributed by atoms with E-state index in [1.165, 1.54) is 33.0 Å². The van der Waals surface area contributed by atoms with Crippen molar-refractivity contribution in [2.75, 3.05) is 0 Å². The lowest BCUT2D eigenvalue weighted by molar-refractivity contribution is 0.917. The van der Waals surface area contributed by atoms with E-state index in [1.807, 2.05) is 28.9 Å². The topological polar surface area (TPSA) is 40.0 Å². The maximum absolute atomic E-state index is 5.23. The number of aromatic nitrogens is 5. The minimum absolute atomic E-state index is 0.647. The summed E-state index contributed by atoms with van der Waals surface area (Å²) >= 11 is 0. The van der Waals surface area contributed by atoms with E-state index >= 15 is 0 Å². The average molecular weight is 628 g/mol. The second kappa shape index (κ2) is 10.9. The zero-order valence-electron chi connectivity index (χ0n) is 26.5. The van der Waals surface area contributed by atoms with E-state index in [4.69, 9.17) is 10.1 Å². The van der Waals surface area contributed by atoms with Crippen molar-refractivity contribution in [3.05, 3.63) is 176 Å². The Morgan fingerprint density at radius 3 is 1.78 bits per heavy atom. The van der Waals surface area contributed by atoms with Crippen molar-refractivity contribution in [2.24, 2.45) is 0 Å². The van der Waals surface area contributed by atoms with Crippen LogP contribution in [0.4, 0.5) is 0 Å². The molecule has 49 heavy (non-hydrogen) atoms. The van der Waals surface area contributed by atoms with E-state index in [0.717, 1.165) is 44.4 Å². The van der Waals surface area contributed by atoms with Crippen LogP contribution in [-0.2, 0) is 0 Å². The van der Waals surface area contributed by atoms with Crippen LogP contribution < -0.4 is 0 Å². The molecule has 0 saturated carbocycles. The van der Waals surface area contributed by atoms with E-state index in [2.05, 4.69) is 161 Å². The first-order valence-electron chi connectivity index (χ1n) is 16.5. The molecule has 0 aliphatic heterocycles. The second-order valence-corrected chi connectivity index (χ2v) is 12.4. The van der Waals surface area contributed by atoms with Gasteiger partial charge in [-0.3, -0.25) is 4.57 Å². The van der Waals surface area contributed by atoms with E-state index < -0.39 is 0 Å². The van der Waals surface area contributed by atoms with Gasteiger partial charge in [0, 0.05) is 39.8 Å². The lowest BCUT2D eigenvalue weighted by Crippen LogP contribution is -1.98. The Morgan fingerprint density at radius 2 is 1.04 bits per heavy atom. The highest BCUT2D eigenvalue weighted by atomic mass is 15.4. The number of benzene rings is 6. The number of rotatable bonds is 5. The molecule has 0 fully saturated rings. The van der Waals surface area contributed by atoms with Gasteiger partial charge in [0.15, 0.2) is 5.65 Å². The van der Waals surface area contributed by atoms with Gasteiger partial charge in [-0.15, -0.1) is 5.10 Å².